The minimum absolute atomic E-state index is 0.168. The lowest BCUT2D eigenvalue weighted by Gasteiger charge is -2.14. The van der Waals surface area contributed by atoms with Gasteiger partial charge in [0, 0.05) is 30.1 Å². The van der Waals surface area contributed by atoms with Crippen molar-refractivity contribution in [2.24, 2.45) is 5.18 Å². The van der Waals surface area contributed by atoms with Crippen molar-refractivity contribution in [3.8, 4) is 22.4 Å². The standard InChI is InChI=1S/C28H22FN5O/c1-18-12-22(6-8-25(18)29)28-24(21-7-9-26-27(13-21)31-11-10-30-26)14-23(17-33-28)32-15-19-2-4-20(5-3-19)16-34-35/h2-14,17,32H,15-16H2,1H3. The maximum absolute atomic E-state index is 13.9. The van der Waals surface area contributed by atoms with Gasteiger partial charge in [0.15, 0.2) is 0 Å². The molecule has 5 rings (SSSR count). The van der Waals surface area contributed by atoms with Gasteiger partial charge in [-0.3, -0.25) is 15.0 Å². The van der Waals surface area contributed by atoms with Gasteiger partial charge in [-0.05, 0) is 65.6 Å². The Hall–Kier alpha value is -4.52. The molecule has 0 fully saturated rings. The predicted molar refractivity (Wildman–Crippen MR) is 136 cm³/mol. The van der Waals surface area contributed by atoms with Crippen molar-refractivity contribution in [2.75, 3.05) is 5.32 Å². The molecule has 0 aliphatic carbocycles. The fraction of sp³-hybridized carbons (Fsp3) is 0.107. The number of aromatic nitrogens is 3. The van der Waals surface area contributed by atoms with E-state index in [0.29, 0.717) is 12.1 Å². The molecule has 2 heterocycles. The molecule has 6 nitrogen and oxygen atoms in total. The summed E-state index contributed by atoms with van der Waals surface area (Å²) < 4.78 is 13.9. The summed E-state index contributed by atoms with van der Waals surface area (Å²) in [6.07, 6.45) is 5.12. The highest BCUT2D eigenvalue weighted by Gasteiger charge is 2.13. The van der Waals surface area contributed by atoms with Gasteiger partial charge in [-0.25, -0.2) is 4.39 Å². The van der Waals surface area contributed by atoms with Gasteiger partial charge in [0.05, 0.1) is 28.6 Å². The van der Waals surface area contributed by atoms with Crippen molar-refractivity contribution < 1.29 is 4.39 Å². The Kier molecular flexibility index (Phi) is 6.22. The Morgan fingerprint density at radius 3 is 2.34 bits per heavy atom. The van der Waals surface area contributed by atoms with Gasteiger partial charge in [0.25, 0.3) is 0 Å². The molecule has 0 unspecified atom stereocenters. The molecule has 0 atom stereocenters. The first-order valence-electron chi connectivity index (χ1n) is 11.2. The summed E-state index contributed by atoms with van der Waals surface area (Å²) in [5, 5.41) is 6.35. The first-order chi connectivity index (χ1) is 17.1. The third-order valence-corrected chi connectivity index (χ3v) is 5.87. The molecule has 1 N–H and O–H groups in total. The van der Waals surface area contributed by atoms with Crippen molar-refractivity contribution in [3.63, 3.8) is 0 Å². The SMILES string of the molecule is Cc1cc(-c2ncc(NCc3ccc(CN=O)cc3)cc2-c2ccc3nccnc3c2)ccc1F. The van der Waals surface area contributed by atoms with Gasteiger partial charge in [0.2, 0.25) is 0 Å². The molecule has 172 valence electrons. The molecule has 0 spiro atoms. The Labute approximate surface area is 201 Å². The van der Waals surface area contributed by atoms with Crippen LogP contribution in [0.2, 0.25) is 0 Å². The Bertz CT molecular complexity index is 1520. The zero-order chi connectivity index (χ0) is 24.2. The van der Waals surface area contributed by atoms with Crippen LogP contribution in [0.15, 0.2) is 90.5 Å². The largest absolute Gasteiger partial charge is 0.380 e. The number of hydrogen-bond acceptors (Lipinski definition) is 6. The van der Waals surface area contributed by atoms with Crippen molar-refractivity contribution in [2.45, 2.75) is 20.0 Å². The van der Waals surface area contributed by atoms with Crippen LogP contribution in [0.4, 0.5) is 10.1 Å². The Balaban J connectivity index is 1.52. The highest BCUT2D eigenvalue weighted by Crippen LogP contribution is 2.34. The average Bonchev–Trinajstić information content (AvgIpc) is 2.90. The highest BCUT2D eigenvalue weighted by molar-refractivity contribution is 5.88. The van der Waals surface area contributed by atoms with Crippen LogP contribution in [0.5, 0.6) is 0 Å². The summed E-state index contributed by atoms with van der Waals surface area (Å²) in [5.74, 6) is -0.246. The van der Waals surface area contributed by atoms with Crippen molar-refractivity contribution in [3.05, 3.63) is 113 Å². The van der Waals surface area contributed by atoms with Crippen molar-refractivity contribution in [1.82, 2.24) is 15.0 Å². The van der Waals surface area contributed by atoms with E-state index in [-0.39, 0.29) is 12.4 Å². The quantitative estimate of drug-likeness (QED) is 0.272. The predicted octanol–water partition coefficient (Wildman–Crippen LogP) is 6.68. The van der Waals surface area contributed by atoms with Crippen LogP contribution in [0, 0.1) is 17.6 Å². The van der Waals surface area contributed by atoms with Crippen molar-refractivity contribution in [1.29, 1.82) is 0 Å². The van der Waals surface area contributed by atoms with Crippen LogP contribution in [0.3, 0.4) is 0 Å². The third-order valence-electron chi connectivity index (χ3n) is 5.87. The molecule has 0 saturated carbocycles. The summed E-state index contributed by atoms with van der Waals surface area (Å²) in [4.78, 5) is 24.0. The molecule has 0 aliphatic rings. The van der Waals surface area contributed by atoms with Crippen LogP contribution < -0.4 is 5.32 Å². The van der Waals surface area contributed by atoms with Crippen molar-refractivity contribution >= 4 is 16.7 Å². The lowest BCUT2D eigenvalue weighted by molar-refractivity contribution is 0.619. The van der Waals surface area contributed by atoms with E-state index >= 15 is 0 Å². The van der Waals surface area contributed by atoms with Crippen LogP contribution in [-0.4, -0.2) is 15.0 Å². The minimum Gasteiger partial charge on any atom is -0.380 e. The fourth-order valence-electron chi connectivity index (χ4n) is 3.98. The van der Waals surface area contributed by atoms with Gasteiger partial charge in [0.1, 0.15) is 12.4 Å². The maximum atomic E-state index is 13.9. The zero-order valence-corrected chi connectivity index (χ0v) is 19.1. The highest BCUT2D eigenvalue weighted by atomic mass is 19.1. The van der Waals surface area contributed by atoms with E-state index in [4.69, 9.17) is 4.98 Å². The number of aryl methyl sites for hydroxylation is 1. The van der Waals surface area contributed by atoms with Gasteiger partial charge >= 0.3 is 0 Å². The van der Waals surface area contributed by atoms with Crippen LogP contribution >= 0.6 is 0 Å². The van der Waals surface area contributed by atoms with Gasteiger partial charge in [-0.2, -0.15) is 4.91 Å². The number of benzene rings is 3. The number of nitrogens with zero attached hydrogens (tertiary/aromatic N) is 4. The fourth-order valence-corrected chi connectivity index (χ4v) is 3.98. The molecule has 7 heteroatoms. The molecular weight excluding hydrogens is 441 g/mol. The number of anilines is 1. The summed E-state index contributed by atoms with van der Waals surface area (Å²) >= 11 is 0. The smallest absolute Gasteiger partial charge is 0.126 e. The summed E-state index contributed by atoms with van der Waals surface area (Å²) in [5.41, 5.74) is 8.40. The van der Waals surface area contributed by atoms with E-state index in [2.05, 4.69) is 20.5 Å². The number of pyridine rings is 1. The Morgan fingerprint density at radius 2 is 1.57 bits per heavy atom. The second-order valence-corrected chi connectivity index (χ2v) is 8.30. The van der Waals surface area contributed by atoms with E-state index in [9.17, 15) is 9.30 Å². The van der Waals surface area contributed by atoms with E-state index in [0.717, 1.165) is 50.2 Å². The summed E-state index contributed by atoms with van der Waals surface area (Å²) in [6, 6.07) is 20.7. The third kappa shape index (κ3) is 4.89. The number of nitroso groups, excluding NO2 is 1. The lowest BCUT2D eigenvalue weighted by Crippen LogP contribution is -2.01. The molecule has 35 heavy (non-hydrogen) atoms. The minimum atomic E-state index is -0.246. The van der Waals surface area contributed by atoms with E-state index in [1.165, 1.54) is 6.07 Å². The number of rotatable bonds is 7. The van der Waals surface area contributed by atoms with Crippen LogP contribution in [-0.2, 0) is 13.1 Å². The first kappa shape index (κ1) is 22.3. The number of nitrogens with one attached hydrogen (secondary N) is 1. The molecule has 5 aromatic rings. The molecule has 0 aliphatic heterocycles. The number of halogens is 1. The van der Waals surface area contributed by atoms with Gasteiger partial charge < -0.3 is 5.32 Å². The number of fused-ring (bicyclic) bond motifs is 1. The van der Waals surface area contributed by atoms with E-state index < -0.39 is 0 Å². The zero-order valence-electron chi connectivity index (χ0n) is 19.1. The molecule has 0 bridgehead atoms. The maximum Gasteiger partial charge on any atom is 0.126 e. The molecular formula is C28H22FN5O. The average molecular weight is 464 g/mol. The second-order valence-electron chi connectivity index (χ2n) is 8.30. The van der Waals surface area contributed by atoms with Crippen LogP contribution in [0.1, 0.15) is 16.7 Å². The molecule has 2 aromatic heterocycles. The number of hydrogen-bond donors (Lipinski definition) is 1. The molecule has 3 aromatic carbocycles. The van der Waals surface area contributed by atoms with E-state index in [1.54, 1.807) is 31.6 Å². The summed E-state index contributed by atoms with van der Waals surface area (Å²) in [7, 11) is 0. The van der Waals surface area contributed by atoms with Crippen LogP contribution in [0.25, 0.3) is 33.4 Å². The normalized spacial score (nSPS) is 10.9. The molecule has 0 saturated heterocycles. The lowest BCUT2D eigenvalue weighted by atomic mass is 9.97. The Morgan fingerprint density at radius 1 is 0.829 bits per heavy atom. The monoisotopic (exact) mass is 463 g/mol. The van der Waals surface area contributed by atoms with Gasteiger partial charge in [-0.15, -0.1) is 0 Å². The summed E-state index contributed by atoms with van der Waals surface area (Å²) in [6.45, 7) is 2.51. The topological polar surface area (TPSA) is 80.1 Å². The first-order valence-corrected chi connectivity index (χ1v) is 11.2. The van der Waals surface area contributed by atoms with Gasteiger partial charge in [-0.1, -0.05) is 35.5 Å². The molecule has 0 amide bonds. The van der Waals surface area contributed by atoms with E-state index in [1.807, 2.05) is 54.6 Å². The molecule has 0 radical (unpaired) electrons. The second kappa shape index (κ2) is 9.77.